The van der Waals surface area contributed by atoms with E-state index in [0.29, 0.717) is 0 Å². The Labute approximate surface area is 115 Å². The van der Waals surface area contributed by atoms with Crippen LogP contribution in [0.25, 0.3) is 0 Å². The Morgan fingerprint density at radius 3 is 2.41 bits per heavy atom. The number of halogens is 1. The van der Waals surface area contributed by atoms with Crippen LogP contribution in [0.15, 0.2) is 36.4 Å². The van der Waals surface area contributed by atoms with Gasteiger partial charge in [0.1, 0.15) is 0 Å². The zero-order valence-electron chi connectivity index (χ0n) is 9.92. The summed E-state index contributed by atoms with van der Waals surface area (Å²) in [5, 5.41) is 3.37. The van der Waals surface area contributed by atoms with Gasteiger partial charge in [0.25, 0.3) is 0 Å². The molecule has 2 aromatic carbocycles. The predicted molar refractivity (Wildman–Crippen MR) is 82.8 cm³/mol. The Hall–Kier alpha value is -1.23. The summed E-state index contributed by atoms with van der Waals surface area (Å²) in [4.78, 5) is 0. The Morgan fingerprint density at radius 2 is 1.76 bits per heavy atom. The lowest BCUT2D eigenvalue weighted by molar-refractivity contribution is 1.40. The highest BCUT2D eigenvalue weighted by Crippen LogP contribution is 2.23. The second kappa shape index (κ2) is 4.96. The second-order valence-corrected chi connectivity index (χ2v) is 5.38. The Kier molecular flexibility index (Phi) is 3.57. The number of hydrogen-bond acceptors (Lipinski definition) is 2. The van der Waals surface area contributed by atoms with Gasteiger partial charge >= 0.3 is 0 Å². The SMILES string of the molecule is Cc1cc(N)cc(Nc2ccc(C)c(I)c2)c1. The van der Waals surface area contributed by atoms with E-state index in [2.05, 4.69) is 59.1 Å². The van der Waals surface area contributed by atoms with Crippen LogP contribution in [0.2, 0.25) is 0 Å². The van der Waals surface area contributed by atoms with Gasteiger partial charge in [-0.3, -0.25) is 0 Å². The highest BCUT2D eigenvalue weighted by molar-refractivity contribution is 14.1. The lowest BCUT2D eigenvalue weighted by atomic mass is 10.2. The first-order valence-electron chi connectivity index (χ1n) is 5.45. The van der Waals surface area contributed by atoms with Crippen LogP contribution >= 0.6 is 22.6 Å². The monoisotopic (exact) mass is 338 g/mol. The maximum atomic E-state index is 5.83. The molecule has 2 nitrogen and oxygen atoms in total. The molecule has 0 amide bonds. The van der Waals surface area contributed by atoms with E-state index >= 15 is 0 Å². The molecule has 2 rings (SSSR count). The van der Waals surface area contributed by atoms with E-state index in [1.807, 2.05) is 19.1 Å². The number of aryl methyl sites for hydroxylation is 2. The van der Waals surface area contributed by atoms with Crippen molar-refractivity contribution in [3.63, 3.8) is 0 Å². The standard InChI is InChI=1S/C14H15IN2/c1-9-5-11(16)7-13(6-9)17-12-4-3-10(2)14(15)8-12/h3-8,17H,16H2,1-2H3. The smallest absolute Gasteiger partial charge is 0.0407 e. The van der Waals surface area contributed by atoms with E-state index in [1.54, 1.807) is 0 Å². The fraction of sp³-hybridized carbons (Fsp3) is 0.143. The summed E-state index contributed by atoms with van der Waals surface area (Å²) in [6.07, 6.45) is 0. The summed E-state index contributed by atoms with van der Waals surface area (Å²) < 4.78 is 1.26. The molecule has 0 aliphatic heterocycles. The molecule has 0 fully saturated rings. The Bertz CT molecular complexity index is 530. The van der Waals surface area contributed by atoms with Crippen LogP contribution in [0.1, 0.15) is 11.1 Å². The third kappa shape index (κ3) is 3.12. The fourth-order valence-electron chi connectivity index (χ4n) is 1.72. The minimum atomic E-state index is 0.786. The van der Waals surface area contributed by atoms with Crippen LogP contribution in [-0.2, 0) is 0 Å². The second-order valence-electron chi connectivity index (χ2n) is 4.22. The summed E-state index contributed by atoms with van der Waals surface area (Å²) in [5.41, 5.74) is 11.2. The van der Waals surface area contributed by atoms with Crippen LogP contribution < -0.4 is 11.1 Å². The van der Waals surface area contributed by atoms with E-state index < -0.39 is 0 Å². The minimum Gasteiger partial charge on any atom is -0.399 e. The van der Waals surface area contributed by atoms with Gasteiger partial charge < -0.3 is 11.1 Å². The van der Waals surface area contributed by atoms with Crippen LogP contribution in [0.3, 0.4) is 0 Å². The number of benzene rings is 2. The van der Waals surface area contributed by atoms with Gasteiger partial charge in [0.15, 0.2) is 0 Å². The first-order valence-corrected chi connectivity index (χ1v) is 6.53. The first-order chi connectivity index (χ1) is 8.04. The summed E-state index contributed by atoms with van der Waals surface area (Å²) in [7, 11) is 0. The molecule has 3 N–H and O–H groups in total. The number of rotatable bonds is 2. The Balaban J connectivity index is 2.28. The van der Waals surface area contributed by atoms with Crippen molar-refractivity contribution in [3.05, 3.63) is 51.1 Å². The average Bonchev–Trinajstić information content (AvgIpc) is 2.22. The van der Waals surface area contributed by atoms with Gasteiger partial charge in [-0.05, 0) is 77.9 Å². The van der Waals surface area contributed by atoms with Gasteiger partial charge in [0.2, 0.25) is 0 Å². The number of anilines is 3. The van der Waals surface area contributed by atoms with Crippen LogP contribution in [0.5, 0.6) is 0 Å². The molecule has 0 unspecified atom stereocenters. The molecule has 88 valence electrons. The molecular weight excluding hydrogens is 323 g/mol. The summed E-state index contributed by atoms with van der Waals surface area (Å²) in [6.45, 7) is 4.15. The van der Waals surface area contributed by atoms with E-state index in [1.165, 1.54) is 9.13 Å². The average molecular weight is 338 g/mol. The van der Waals surface area contributed by atoms with Gasteiger partial charge in [-0.1, -0.05) is 6.07 Å². The third-order valence-electron chi connectivity index (χ3n) is 2.56. The fourth-order valence-corrected chi connectivity index (χ4v) is 2.24. The molecular formula is C14H15IN2. The molecule has 0 saturated heterocycles. The quantitative estimate of drug-likeness (QED) is 0.635. The topological polar surface area (TPSA) is 38.0 Å². The van der Waals surface area contributed by atoms with Crippen molar-refractivity contribution in [2.45, 2.75) is 13.8 Å². The molecule has 0 radical (unpaired) electrons. The molecule has 0 spiro atoms. The molecule has 0 bridgehead atoms. The summed E-state index contributed by atoms with van der Waals surface area (Å²) in [6, 6.07) is 12.3. The van der Waals surface area contributed by atoms with Gasteiger partial charge in [0, 0.05) is 20.6 Å². The van der Waals surface area contributed by atoms with Crippen molar-refractivity contribution >= 4 is 39.7 Å². The molecule has 0 heterocycles. The number of nitrogens with one attached hydrogen (secondary N) is 1. The number of hydrogen-bond donors (Lipinski definition) is 2. The zero-order valence-corrected chi connectivity index (χ0v) is 12.1. The lowest BCUT2D eigenvalue weighted by Gasteiger charge is -2.09. The van der Waals surface area contributed by atoms with Crippen LogP contribution in [0.4, 0.5) is 17.1 Å². The highest BCUT2D eigenvalue weighted by atomic mass is 127. The van der Waals surface area contributed by atoms with Crippen molar-refractivity contribution < 1.29 is 0 Å². The first kappa shape index (κ1) is 12.2. The van der Waals surface area contributed by atoms with E-state index in [4.69, 9.17) is 5.73 Å². The maximum absolute atomic E-state index is 5.83. The van der Waals surface area contributed by atoms with Gasteiger partial charge in [-0.25, -0.2) is 0 Å². The van der Waals surface area contributed by atoms with E-state index in [0.717, 1.165) is 22.6 Å². The summed E-state index contributed by atoms with van der Waals surface area (Å²) >= 11 is 2.34. The van der Waals surface area contributed by atoms with Crippen LogP contribution in [0, 0.1) is 17.4 Å². The van der Waals surface area contributed by atoms with Crippen LogP contribution in [-0.4, -0.2) is 0 Å². The predicted octanol–water partition coefficient (Wildman–Crippen LogP) is 4.23. The Morgan fingerprint density at radius 1 is 1.00 bits per heavy atom. The largest absolute Gasteiger partial charge is 0.399 e. The number of nitrogens with two attached hydrogens (primary N) is 1. The third-order valence-corrected chi connectivity index (χ3v) is 3.72. The highest BCUT2D eigenvalue weighted by Gasteiger charge is 2.00. The van der Waals surface area contributed by atoms with E-state index in [9.17, 15) is 0 Å². The van der Waals surface area contributed by atoms with Crippen molar-refractivity contribution in [1.82, 2.24) is 0 Å². The molecule has 0 aliphatic carbocycles. The van der Waals surface area contributed by atoms with Crippen molar-refractivity contribution in [2.75, 3.05) is 11.1 Å². The van der Waals surface area contributed by atoms with Gasteiger partial charge in [0.05, 0.1) is 0 Å². The van der Waals surface area contributed by atoms with Crippen molar-refractivity contribution in [3.8, 4) is 0 Å². The van der Waals surface area contributed by atoms with E-state index in [-0.39, 0.29) is 0 Å². The van der Waals surface area contributed by atoms with Gasteiger partial charge in [-0.2, -0.15) is 0 Å². The summed E-state index contributed by atoms with van der Waals surface area (Å²) in [5.74, 6) is 0. The molecule has 0 aromatic heterocycles. The number of nitrogen functional groups attached to an aromatic ring is 1. The molecule has 0 atom stereocenters. The molecule has 2 aromatic rings. The minimum absolute atomic E-state index is 0.786. The molecule has 17 heavy (non-hydrogen) atoms. The maximum Gasteiger partial charge on any atom is 0.0407 e. The van der Waals surface area contributed by atoms with Crippen molar-refractivity contribution in [2.24, 2.45) is 0 Å². The lowest BCUT2D eigenvalue weighted by Crippen LogP contribution is -1.94. The molecule has 0 saturated carbocycles. The van der Waals surface area contributed by atoms with Crippen molar-refractivity contribution in [1.29, 1.82) is 0 Å². The zero-order chi connectivity index (χ0) is 12.4. The van der Waals surface area contributed by atoms with Gasteiger partial charge in [-0.15, -0.1) is 0 Å². The normalized spacial score (nSPS) is 10.3. The molecule has 3 heteroatoms. The molecule has 0 aliphatic rings.